The molecule has 0 saturated heterocycles. The lowest BCUT2D eigenvalue weighted by Crippen LogP contribution is -1.95. The summed E-state index contributed by atoms with van der Waals surface area (Å²) in [7, 11) is 3.16. The van der Waals surface area contributed by atoms with Crippen LogP contribution in [0, 0.1) is 18.3 Å². The molecule has 0 amide bonds. The molecular formula is C15H13ClN2O2. The number of nitriles is 1. The Morgan fingerprint density at radius 3 is 2.50 bits per heavy atom. The van der Waals surface area contributed by atoms with Crippen molar-refractivity contribution in [3.8, 4) is 28.7 Å². The van der Waals surface area contributed by atoms with Crippen molar-refractivity contribution >= 4 is 11.6 Å². The minimum atomic E-state index is 0.195. The SMILES string of the molecule is COc1ccc(-c2cc(C)nc(Cl)c2C#N)c(OC)c1. The summed E-state index contributed by atoms with van der Waals surface area (Å²) in [5.74, 6) is 1.29. The topological polar surface area (TPSA) is 55.1 Å². The summed E-state index contributed by atoms with van der Waals surface area (Å²) in [6.45, 7) is 1.83. The van der Waals surface area contributed by atoms with Crippen molar-refractivity contribution in [2.75, 3.05) is 14.2 Å². The van der Waals surface area contributed by atoms with Crippen LogP contribution in [0.4, 0.5) is 0 Å². The van der Waals surface area contributed by atoms with E-state index in [0.29, 0.717) is 22.6 Å². The Kier molecular flexibility index (Phi) is 4.11. The number of aryl methyl sites for hydroxylation is 1. The van der Waals surface area contributed by atoms with Crippen molar-refractivity contribution in [2.45, 2.75) is 6.92 Å². The Hall–Kier alpha value is -2.25. The highest BCUT2D eigenvalue weighted by atomic mass is 35.5. The fourth-order valence-electron chi connectivity index (χ4n) is 1.97. The smallest absolute Gasteiger partial charge is 0.147 e. The third-order valence-corrected chi connectivity index (χ3v) is 3.19. The van der Waals surface area contributed by atoms with Crippen molar-refractivity contribution < 1.29 is 9.47 Å². The van der Waals surface area contributed by atoms with Gasteiger partial charge in [-0.15, -0.1) is 0 Å². The summed E-state index contributed by atoms with van der Waals surface area (Å²) in [5, 5.41) is 9.47. The van der Waals surface area contributed by atoms with Gasteiger partial charge in [0.25, 0.3) is 0 Å². The van der Waals surface area contributed by atoms with Gasteiger partial charge in [-0.1, -0.05) is 11.6 Å². The molecule has 1 heterocycles. The van der Waals surface area contributed by atoms with Gasteiger partial charge >= 0.3 is 0 Å². The first-order chi connectivity index (χ1) is 9.60. The standard InChI is InChI=1S/C15H13ClN2O2/c1-9-6-12(13(8-17)15(16)18-9)11-5-4-10(19-2)7-14(11)20-3/h4-7H,1-3H3. The molecule has 102 valence electrons. The fraction of sp³-hybridized carbons (Fsp3) is 0.200. The van der Waals surface area contributed by atoms with E-state index in [1.165, 1.54) is 0 Å². The van der Waals surface area contributed by atoms with E-state index in [4.69, 9.17) is 21.1 Å². The lowest BCUT2D eigenvalue weighted by molar-refractivity contribution is 0.395. The van der Waals surface area contributed by atoms with E-state index >= 15 is 0 Å². The molecule has 0 unspecified atom stereocenters. The molecule has 4 nitrogen and oxygen atoms in total. The highest BCUT2D eigenvalue weighted by molar-refractivity contribution is 6.31. The number of halogens is 1. The molecule has 1 aromatic heterocycles. The number of pyridine rings is 1. The van der Waals surface area contributed by atoms with Crippen molar-refractivity contribution in [1.29, 1.82) is 5.26 Å². The van der Waals surface area contributed by atoms with Crippen LogP contribution in [0.5, 0.6) is 11.5 Å². The fourth-order valence-corrected chi connectivity index (χ4v) is 2.25. The third kappa shape index (κ3) is 2.54. The molecule has 0 aliphatic rings. The summed E-state index contributed by atoms with van der Waals surface area (Å²) in [6, 6.07) is 9.31. The lowest BCUT2D eigenvalue weighted by Gasteiger charge is -2.12. The van der Waals surface area contributed by atoms with Gasteiger partial charge in [-0.25, -0.2) is 4.98 Å². The normalized spacial score (nSPS) is 9.95. The second kappa shape index (κ2) is 5.81. The summed E-state index contributed by atoms with van der Waals surface area (Å²) < 4.78 is 10.5. The Labute approximate surface area is 122 Å². The number of ether oxygens (including phenoxy) is 2. The van der Waals surface area contributed by atoms with Crippen LogP contribution in [0.1, 0.15) is 11.3 Å². The van der Waals surface area contributed by atoms with Gasteiger partial charge in [-0.2, -0.15) is 5.26 Å². The number of hydrogen-bond acceptors (Lipinski definition) is 4. The molecule has 2 rings (SSSR count). The molecule has 0 bridgehead atoms. The molecule has 0 radical (unpaired) electrons. The van der Waals surface area contributed by atoms with Crippen LogP contribution in [0.15, 0.2) is 24.3 Å². The van der Waals surface area contributed by atoms with Crippen LogP contribution in [0.2, 0.25) is 5.15 Å². The first-order valence-electron chi connectivity index (χ1n) is 5.90. The summed E-state index contributed by atoms with van der Waals surface area (Å²) in [4.78, 5) is 4.10. The Morgan fingerprint density at radius 1 is 1.15 bits per heavy atom. The van der Waals surface area contributed by atoms with Gasteiger partial charge in [-0.05, 0) is 25.1 Å². The average Bonchev–Trinajstić information content (AvgIpc) is 2.45. The van der Waals surface area contributed by atoms with Crippen LogP contribution >= 0.6 is 11.6 Å². The molecule has 0 saturated carbocycles. The van der Waals surface area contributed by atoms with Gasteiger partial charge in [0.05, 0.1) is 19.8 Å². The molecular weight excluding hydrogens is 276 g/mol. The number of rotatable bonds is 3. The van der Waals surface area contributed by atoms with Crippen molar-refractivity contribution in [1.82, 2.24) is 4.98 Å². The van der Waals surface area contributed by atoms with Crippen molar-refractivity contribution in [3.63, 3.8) is 0 Å². The minimum absolute atomic E-state index is 0.195. The predicted molar refractivity (Wildman–Crippen MR) is 77.2 cm³/mol. The van der Waals surface area contributed by atoms with Crippen LogP contribution in [-0.2, 0) is 0 Å². The molecule has 0 atom stereocenters. The van der Waals surface area contributed by atoms with E-state index in [0.717, 1.165) is 11.3 Å². The highest BCUT2D eigenvalue weighted by Gasteiger charge is 2.15. The van der Waals surface area contributed by atoms with Gasteiger partial charge in [0.15, 0.2) is 0 Å². The zero-order valence-electron chi connectivity index (χ0n) is 11.4. The van der Waals surface area contributed by atoms with Gasteiger partial charge in [0, 0.05) is 22.9 Å². The third-order valence-electron chi connectivity index (χ3n) is 2.91. The van der Waals surface area contributed by atoms with Crippen LogP contribution in [-0.4, -0.2) is 19.2 Å². The van der Waals surface area contributed by atoms with Crippen LogP contribution < -0.4 is 9.47 Å². The van der Waals surface area contributed by atoms with E-state index in [1.807, 2.05) is 25.1 Å². The van der Waals surface area contributed by atoms with E-state index in [-0.39, 0.29) is 5.15 Å². The number of methoxy groups -OCH3 is 2. The Balaban J connectivity index is 2.71. The second-order valence-electron chi connectivity index (χ2n) is 4.16. The molecule has 0 fully saturated rings. The average molecular weight is 289 g/mol. The van der Waals surface area contributed by atoms with Gasteiger partial charge < -0.3 is 9.47 Å². The molecule has 0 N–H and O–H groups in total. The lowest BCUT2D eigenvalue weighted by atomic mass is 10.00. The molecule has 0 aliphatic carbocycles. The summed E-state index contributed by atoms with van der Waals surface area (Å²) in [5.41, 5.74) is 2.55. The van der Waals surface area contributed by atoms with Gasteiger partial charge in [-0.3, -0.25) is 0 Å². The summed E-state index contributed by atoms with van der Waals surface area (Å²) in [6.07, 6.45) is 0. The van der Waals surface area contributed by atoms with Gasteiger partial charge in [0.2, 0.25) is 0 Å². The van der Waals surface area contributed by atoms with E-state index in [1.54, 1.807) is 20.3 Å². The molecule has 0 spiro atoms. The maximum Gasteiger partial charge on any atom is 0.147 e. The number of hydrogen-bond donors (Lipinski definition) is 0. The largest absolute Gasteiger partial charge is 0.497 e. The molecule has 1 aromatic carbocycles. The van der Waals surface area contributed by atoms with Crippen molar-refractivity contribution in [3.05, 3.63) is 40.7 Å². The quantitative estimate of drug-likeness (QED) is 0.810. The molecule has 2 aromatic rings. The zero-order chi connectivity index (χ0) is 14.7. The minimum Gasteiger partial charge on any atom is -0.497 e. The van der Waals surface area contributed by atoms with Crippen LogP contribution in [0.3, 0.4) is 0 Å². The van der Waals surface area contributed by atoms with E-state index in [9.17, 15) is 5.26 Å². The molecule has 0 aliphatic heterocycles. The number of aromatic nitrogens is 1. The molecule has 20 heavy (non-hydrogen) atoms. The monoisotopic (exact) mass is 288 g/mol. The zero-order valence-corrected chi connectivity index (χ0v) is 12.2. The van der Waals surface area contributed by atoms with E-state index < -0.39 is 0 Å². The van der Waals surface area contributed by atoms with E-state index in [2.05, 4.69) is 11.1 Å². The van der Waals surface area contributed by atoms with Crippen molar-refractivity contribution in [2.24, 2.45) is 0 Å². The number of benzene rings is 1. The maximum atomic E-state index is 9.28. The van der Waals surface area contributed by atoms with Gasteiger partial charge in [0.1, 0.15) is 22.7 Å². The first kappa shape index (κ1) is 14.2. The predicted octanol–water partition coefficient (Wildman–Crippen LogP) is 3.60. The number of nitrogens with zero attached hydrogens (tertiary/aromatic N) is 2. The first-order valence-corrected chi connectivity index (χ1v) is 6.28. The maximum absolute atomic E-state index is 9.28. The van der Waals surface area contributed by atoms with Crippen LogP contribution in [0.25, 0.3) is 11.1 Å². The second-order valence-corrected chi connectivity index (χ2v) is 4.51. The molecule has 5 heteroatoms. The Bertz CT molecular complexity index is 693. The summed E-state index contributed by atoms with van der Waals surface area (Å²) >= 11 is 6.04. The highest BCUT2D eigenvalue weighted by Crippen LogP contribution is 2.36. The Morgan fingerprint density at radius 2 is 1.90 bits per heavy atom.